The van der Waals surface area contributed by atoms with Crippen LogP contribution in [0.4, 0.5) is 0 Å². The molecule has 0 saturated heterocycles. The topological polar surface area (TPSA) is 42.4 Å². The smallest absolute Gasteiger partial charge is 0.118 e. The molecule has 3 heteroatoms. The third kappa shape index (κ3) is 2.20. The van der Waals surface area contributed by atoms with E-state index in [2.05, 4.69) is 4.98 Å². The van der Waals surface area contributed by atoms with Crippen LogP contribution in [0.3, 0.4) is 0 Å². The van der Waals surface area contributed by atoms with E-state index in [1.807, 2.05) is 24.3 Å². The van der Waals surface area contributed by atoms with Gasteiger partial charge < -0.3 is 9.84 Å². The summed E-state index contributed by atoms with van der Waals surface area (Å²) in [6, 6.07) is 11.0. The molecule has 1 heterocycles. The first-order chi connectivity index (χ1) is 7.81. The molecule has 0 spiro atoms. The summed E-state index contributed by atoms with van der Waals surface area (Å²) in [7, 11) is 1.62. The lowest BCUT2D eigenvalue weighted by atomic mass is 10.0. The first-order valence-corrected chi connectivity index (χ1v) is 5.03. The highest BCUT2D eigenvalue weighted by Gasteiger charge is 2.09. The van der Waals surface area contributed by atoms with Gasteiger partial charge in [-0.3, -0.25) is 4.98 Å². The molecule has 3 nitrogen and oxygen atoms in total. The average molecular weight is 215 g/mol. The zero-order chi connectivity index (χ0) is 11.4. The molecule has 0 aliphatic carbocycles. The van der Waals surface area contributed by atoms with E-state index in [0.29, 0.717) is 0 Å². The Morgan fingerprint density at radius 1 is 1.00 bits per heavy atom. The van der Waals surface area contributed by atoms with E-state index < -0.39 is 6.10 Å². The Morgan fingerprint density at radius 2 is 1.56 bits per heavy atom. The predicted molar refractivity (Wildman–Crippen MR) is 61.3 cm³/mol. The second-order valence-corrected chi connectivity index (χ2v) is 3.46. The molecule has 82 valence electrons. The highest BCUT2D eigenvalue weighted by atomic mass is 16.5. The van der Waals surface area contributed by atoms with E-state index in [1.165, 1.54) is 0 Å². The average Bonchev–Trinajstić information content (AvgIpc) is 2.39. The molecule has 0 aliphatic heterocycles. The first kappa shape index (κ1) is 10.6. The molecule has 1 aromatic carbocycles. The lowest BCUT2D eigenvalue weighted by Gasteiger charge is -2.11. The number of aliphatic hydroxyl groups excluding tert-OH is 1. The quantitative estimate of drug-likeness (QED) is 0.853. The molecule has 0 fully saturated rings. The molecular formula is C13H13NO2. The van der Waals surface area contributed by atoms with Crippen molar-refractivity contribution in [1.82, 2.24) is 4.98 Å². The van der Waals surface area contributed by atoms with E-state index in [-0.39, 0.29) is 0 Å². The Kier molecular flexibility index (Phi) is 3.17. The largest absolute Gasteiger partial charge is 0.497 e. The number of hydrogen-bond acceptors (Lipinski definition) is 3. The summed E-state index contributed by atoms with van der Waals surface area (Å²) in [6.45, 7) is 0. The van der Waals surface area contributed by atoms with Crippen molar-refractivity contribution in [2.24, 2.45) is 0 Å². The second kappa shape index (κ2) is 4.77. The van der Waals surface area contributed by atoms with Crippen LogP contribution in [0.25, 0.3) is 0 Å². The van der Waals surface area contributed by atoms with Crippen LogP contribution in [0.5, 0.6) is 5.75 Å². The van der Waals surface area contributed by atoms with Gasteiger partial charge in [0.2, 0.25) is 0 Å². The molecule has 0 aliphatic rings. The van der Waals surface area contributed by atoms with Gasteiger partial charge in [-0.1, -0.05) is 12.1 Å². The van der Waals surface area contributed by atoms with Crippen LogP contribution in [0.15, 0.2) is 48.8 Å². The molecule has 1 atom stereocenters. The SMILES string of the molecule is COc1ccc([C@@H](O)c2ccncc2)cc1. The Labute approximate surface area is 94.3 Å². The number of aromatic nitrogens is 1. The summed E-state index contributed by atoms with van der Waals surface area (Å²) in [5.74, 6) is 0.783. The molecular weight excluding hydrogens is 202 g/mol. The maximum atomic E-state index is 10.1. The van der Waals surface area contributed by atoms with Gasteiger partial charge in [-0.25, -0.2) is 0 Å². The van der Waals surface area contributed by atoms with Gasteiger partial charge in [0.1, 0.15) is 11.9 Å². The number of methoxy groups -OCH3 is 1. The van der Waals surface area contributed by atoms with E-state index >= 15 is 0 Å². The molecule has 0 amide bonds. The third-order valence-corrected chi connectivity index (χ3v) is 2.45. The van der Waals surface area contributed by atoms with Gasteiger partial charge in [0.15, 0.2) is 0 Å². The van der Waals surface area contributed by atoms with Crippen molar-refractivity contribution < 1.29 is 9.84 Å². The van der Waals surface area contributed by atoms with Crippen LogP contribution in [0, 0.1) is 0 Å². The van der Waals surface area contributed by atoms with Crippen molar-refractivity contribution in [3.63, 3.8) is 0 Å². The Hall–Kier alpha value is -1.87. The highest BCUT2D eigenvalue weighted by molar-refractivity contribution is 5.33. The van der Waals surface area contributed by atoms with Crippen LogP contribution in [0.1, 0.15) is 17.2 Å². The minimum absolute atomic E-state index is 0.617. The molecule has 2 rings (SSSR count). The number of ether oxygens (including phenoxy) is 1. The van der Waals surface area contributed by atoms with Crippen molar-refractivity contribution >= 4 is 0 Å². The molecule has 1 aromatic heterocycles. The van der Waals surface area contributed by atoms with Gasteiger partial charge in [-0.05, 0) is 35.4 Å². The number of hydrogen-bond donors (Lipinski definition) is 1. The van der Waals surface area contributed by atoms with Crippen LogP contribution >= 0.6 is 0 Å². The molecule has 2 aromatic rings. The Bertz CT molecular complexity index is 439. The number of pyridine rings is 1. The van der Waals surface area contributed by atoms with E-state index in [0.717, 1.165) is 16.9 Å². The summed E-state index contributed by atoms with van der Waals surface area (Å²) < 4.78 is 5.06. The molecule has 0 bridgehead atoms. The van der Waals surface area contributed by atoms with Crippen LogP contribution in [-0.4, -0.2) is 17.2 Å². The fourth-order valence-corrected chi connectivity index (χ4v) is 1.52. The molecule has 16 heavy (non-hydrogen) atoms. The molecule has 0 saturated carbocycles. The fourth-order valence-electron chi connectivity index (χ4n) is 1.52. The number of rotatable bonds is 3. The lowest BCUT2D eigenvalue weighted by molar-refractivity contribution is 0.220. The standard InChI is InChI=1S/C13H13NO2/c1-16-12-4-2-10(3-5-12)13(15)11-6-8-14-9-7-11/h2-9,13,15H,1H3/t13-/m1/s1. The normalized spacial score (nSPS) is 12.1. The summed E-state index contributed by atoms with van der Waals surface area (Å²) in [6.07, 6.45) is 2.72. The second-order valence-electron chi connectivity index (χ2n) is 3.46. The summed E-state index contributed by atoms with van der Waals surface area (Å²) in [5.41, 5.74) is 1.67. The van der Waals surface area contributed by atoms with Gasteiger partial charge in [-0.2, -0.15) is 0 Å². The van der Waals surface area contributed by atoms with Gasteiger partial charge in [0, 0.05) is 12.4 Å². The Balaban J connectivity index is 2.24. The summed E-state index contributed by atoms with van der Waals surface area (Å²) in [4.78, 5) is 3.92. The highest BCUT2D eigenvalue weighted by Crippen LogP contribution is 2.23. The van der Waals surface area contributed by atoms with E-state index in [9.17, 15) is 5.11 Å². The van der Waals surface area contributed by atoms with Crippen LogP contribution in [0.2, 0.25) is 0 Å². The maximum absolute atomic E-state index is 10.1. The zero-order valence-corrected chi connectivity index (χ0v) is 9.00. The van der Waals surface area contributed by atoms with Crippen LogP contribution < -0.4 is 4.74 Å². The Morgan fingerprint density at radius 3 is 2.12 bits per heavy atom. The minimum Gasteiger partial charge on any atom is -0.497 e. The summed E-state index contributed by atoms with van der Waals surface area (Å²) >= 11 is 0. The number of aliphatic hydroxyl groups is 1. The molecule has 0 radical (unpaired) electrons. The van der Waals surface area contributed by atoms with Gasteiger partial charge in [0.25, 0.3) is 0 Å². The van der Waals surface area contributed by atoms with Crippen LogP contribution in [-0.2, 0) is 0 Å². The molecule has 0 unspecified atom stereocenters. The predicted octanol–water partition coefficient (Wildman–Crippen LogP) is 2.17. The van der Waals surface area contributed by atoms with Gasteiger partial charge >= 0.3 is 0 Å². The fraction of sp³-hybridized carbons (Fsp3) is 0.154. The van der Waals surface area contributed by atoms with Gasteiger partial charge in [0.05, 0.1) is 7.11 Å². The monoisotopic (exact) mass is 215 g/mol. The van der Waals surface area contributed by atoms with Crippen molar-refractivity contribution in [1.29, 1.82) is 0 Å². The van der Waals surface area contributed by atoms with Gasteiger partial charge in [-0.15, -0.1) is 0 Å². The van der Waals surface area contributed by atoms with Crippen molar-refractivity contribution in [2.75, 3.05) is 7.11 Å². The minimum atomic E-state index is -0.617. The number of benzene rings is 1. The van der Waals surface area contributed by atoms with Crippen molar-refractivity contribution in [3.8, 4) is 5.75 Å². The van der Waals surface area contributed by atoms with E-state index in [4.69, 9.17) is 4.74 Å². The zero-order valence-electron chi connectivity index (χ0n) is 9.00. The van der Waals surface area contributed by atoms with E-state index in [1.54, 1.807) is 31.6 Å². The number of nitrogens with zero attached hydrogens (tertiary/aromatic N) is 1. The third-order valence-electron chi connectivity index (χ3n) is 2.45. The summed E-state index contributed by atoms with van der Waals surface area (Å²) in [5, 5.41) is 10.1. The van der Waals surface area contributed by atoms with Crippen molar-refractivity contribution in [2.45, 2.75) is 6.10 Å². The molecule has 1 N–H and O–H groups in total. The first-order valence-electron chi connectivity index (χ1n) is 5.03. The maximum Gasteiger partial charge on any atom is 0.118 e. The lowest BCUT2D eigenvalue weighted by Crippen LogP contribution is -1.99. The van der Waals surface area contributed by atoms with Crippen molar-refractivity contribution in [3.05, 3.63) is 59.9 Å².